The molecular weight excluding hydrogens is 452 g/mol. The number of aryl methyl sites for hydroxylation is 1. The van der Waals surface area contributed by atoms with Crippen molar-refractivity contribution in [3.05, 3.63) is 69.3 Å². The Morgan fingerprint density at radius 1 is 1.38 bits per heavy atom. The maximum Gasteiger partial charge on any atom is 0.331 e. The summed E-state index contributed by atoms with van der Waals surface area (Å²) in [5.74, 6) is -0.508. The van der Waals surface area contributed by atoms with Gasteiger partial charge in [0, 0.05) is 11.6 Å². The topological polar surface area (TPSA) is 106 Å². The van der Waals surface area contributed by atoms with Crippen molar-refractivity contribution in [1.82, 2.24) is 9.78 Å². The minimum Gasteiger partial charge on any atom is -0.497 e. The van der Waals surface area contributed by atoms with Crippen molar-refractivity contribution in [3.63, 3.8) is 0 Å². The van der Waals surface area contributed by atoms with Gasteiger partial charge in [0.05, 0.1) is 24.9 Å². The number of thiophene rings is 1. The van der Waals surface area contributed by atoms with Crippen LogP contribution in [0, 0.1) is 18.3 Å². The second kappa shape index (κ2) is 10.6. The van der Waals surface area contributed by atoms with Gasteiger partial charge in [0.2, 0.25) is 0 Å². The number of rotatable bonds is 8. The molecule has 164 valence electrons. The van der Waals surface area contributed by atoms with Crippen LogP contribution in [0.4, 0.5) is 5.00 Å². The molecule has 2 aromatic heterocycles. The van der Waals surface area contributed by atoms with Crippen LogP contribution in [0.5, 0.6) is 5.75 Å². The molecule has 32 heavy (non-hydrogen) atoms. The average molecular weight is 471 g/mol. The van der Waals surface area contributed by atoms with E-state index in [-0.39, 0.29) is 0 Å². The number of anilines is 1. The fourth-order valence-electron chi connectivity index (χ4n) is 2.80. The number of hydrogen-bond donors (Lipinski definition) is 1. The average Bonchev–Trinajstić information content (AvgIpc) is 3.34. The van der Waals surface area contributed by atoms with Crippen LogP contribution in [0.1, 0.15) is 22.4 Å². The van der Waals surface area contributed by atoms with Crippen LogP contribution < -0.4 is 10.1 Å². The number of ether oxygens (including phenoxy) is 2. The monoisotopic (exact) mass is 470 g/mol. The minimum absolute atomic E-state index is 0.352. The molecule has 0 aliphatic rings. The molecule has 0 atom stereocenters. The molecule has 1 aromatic carbocycles. The summed E-state index contributed by atoms with van der Waals surface area (Å²) in [6.07, 6.45) is 2.69. The van der Waals surface area contributed by atoms with E-state index in [0.717, 1.165) is 11.3 Å². The van der Waals surface area contributed by atoms with Gasteiger partial charge in [0.15, 0.2) is 6.61 Å². The molecule has 0 aliphatic heterocycles. The van der Waals surface area contributed by atoms with Gasteiger partial charge in [-0.05, 0) is 42.1 Å². The third-order valence-electron chi connectivity index (χ3n) is 4.35. The van der Waals surface area contributed by atoms with Gasteiger partial charge in [-0.2, -0.15) is 10.4 Å². The summed E-state index contributed by atoms with van der Waals surface area (Å²) in [6.45, 7) is 1.73. The van der Waals surface area contributed by atoms with Crippen LogP contribution in [0.3, 0.4) is 0 Å². The number of nitriles is 1. The van der Waals surface area contributed by atoms with Crippen LogP contribution in [0.15, 0.2) is 41.8 Å². The fraction of sp³-hybridized carbons (Fsp3) is 0.182. The Hall–Kier alpha value is -3.61. The van der Waals surface area contributed by atoms with Crippen molar-refractivity contribution in [1.29, 1.82) is 5.26 Å². The summed E-state index contributed by atoms with van der Waals surface area (Å²) in [5, 5.41) is 18.4. The predicted molar refractivity (Wildman–Crippen MR) is 122 cm³/mol. The number of nitrogens with one attached hydrogen (secondary N) is 1. The number of hydrogen-bond acceptors (Lipinski definition) is 7. The molecule has 0 spiro atoms. The zero-order chi connectivity index (χ0) is 23.1. The number of aromatic nitrogens is 2. The van der Waals surface area contributed by atoms with E-state index in [4.69, 9.17) is 26.3 Å². The first-order chi connectivity index (χ1) is 15.4. The number of benzene rings is 1. The lowest BCUT2D eigenvalue weighted by Crippen LogP contribution is -2.20. The molecule has 1 N–H and O–H groups in total. The third kappa shape index (κ3) is 5.75. The van der Waals surface area contributed by atoms with Gasteiger partial charge >= 0.3 is 5.97 Å². The molecule has 0 saturated carbocycles. The van der Waals surface area contributed by atoms with Crippen molar-refractivity contribution in [2.24, 2.45) is 0 Å². The molecule has 0 saturated heterocycles. The maximum absolute atomic E-state index is 12.0. The predicted octanol–water partition coefficient (Wildman–Crippen LogP) is 4.03. The number of carbonyl (C=O) groups excluding carboxylic acids is 2. The second-order valence-electron chi connectivity index (χ2n) is 6.56. The first-order valence-electron chi connectivity index (χ1n) is 9.39. The third-order valence-corrected chi connectivity index (χ3v) is 5.57. The Morgan fingerprint density at radius 3 is 2.94 bits per heavy atom. The Balaban J connectivity index is 1.59. The number of esters is 1. The molecule has 8 nitrogen and oxygen atoms in total. The van der Waals surface area contributed by atoms with E-state index in [2.05, 4.69) is 10.4 Å². The second-order valence-corrected chi connectivity index (χ2v) is 7.84. The Kier molecular flexibility index (Phi) is 7.65. The van der Waals surface area contributed by atoms with E-state index in [1.54, 1.807) is 30.2 Å². The lowest BCUT2D eigenvalue weighted by molar-refractivity contribution is -0.142. The molecule has 0 unspecified atom stereocenters. The highest BCUT2D eigenvalue weighted by molar-refractivity contribution is 7.14. The summed E-state index contributed by atoms with van der Waals surface area (Å²) >= 11 is 7.66. The molecule has 2 heterocycles. The first-order valence-corrected chi connectivity index (χ1v) is 10.6. The van der Waals surface area contributed by atoms with Crippen molar-refractivity contribution in [2.45, 2.75) is 13.5 Å². The normalized spacial score (nSPS) is 10.7. The van der Waals surface area contributed by atoms with Crippen LogP contribution in [0.2, 0.25) is 5.15 Å². The SMILES string of the molecule is COc1cccc(Cn2nc(C)c(/C=C/C(=O)OCC(=O)Nc3sccc3C#N)c2Cl)c1. The Morgan fingerprint density at radius 2 is 2.19 bits per heavy atom. The van der Waals surface area contributed by atoms with Gasteiger partial charge in [0.1, 0.15) is 22.0 Å². The zero-order valence-electron chi connectivity index (χ0n) is 17.3. The van der Waals surface area contributed by atoms with Gasteiger partial charge in [-0.1, -0.05) is 23.7 Å². The van der Waals surface area contributed by atoms with Crippen LogP contribution in [-0.2, 0) is 20.9 Å². The van der Waals surface area contributed by atoms with Crippen molar-refractivity contribution < 1.29 is 19.1 Å². The highest BCUT2D eigenvalue weighted by Crippen LogP contribution is 2.24. The number of methoxy groups -OCH3 is 1. The fourth-order valence-corrected chi connectivity index (χ4v) is 3.85. The molecule has 0 fully saturated rings. The smallest absolute Gasteiger partial charge is 0.331 e. The summed E-state index contributed by atoms with van der Waals surface area (Å²) in [6, 6.07) is 11.1. The standard InChI is InChI=1S/C22H19ClN4O4S/c1-14-18(21(23)27(26-14)12-15-4-3-5-17(10-15)30-2)6-7-20(29)31-13-19(28)25-22-16(11-24)8-9-32-22/h3-10H,12-13H2,1-2H3,(H,25,28)/b7-6+. The van der Waals surface area contributed by atoms with Gasteiger partial charge in [-0.15, -0.1) is 11.3 Å². The minimum atomic E-state index is -0.706. The van der Waals surface area contributed by atoms with Crippen LogP contribution >= 0.6 is 22.9 Å². The molecule has 3 aromatic rings. The summed E-state index contributed by atoms with van der Waals surface area (Å²) in [4.78, 5) is 23.9. The van der Waals surface area contributed by atoms with E-state index in [1.165, 1.54) is 23.5 Å². The largest absolute Gasteiger partial charge is 0.497 e. The van der Waals surface area contributed by atoms with Crippen LogP contribution in [-0.4, -0.2) is 35.4 Å². The Bertz CT molecular complexity index is 1210. The maximum atomic E-state index is 12.0. The quantitative estimate of drug-likeness (QED) is 0.393. The molecular formula is C22H19ClN4O4S. The molecule has 10 heteroatoms. The zero-order valence-corrected chi connectivity index (χ0v) is 18.9. The van der Waals surface area contributed by atoms with E-state index in [9.17, 15) is 9.59 Å². The van der Waals surface area contributed by atoms with Crippen molar-refractivity contribution in [2.75, 3.05) is 19.0 Å². The van der Waals surface area contributed by atoms with Gasteiger partial charge in [-0.25, -0.2) is 9.48 Å². The summed E-state index contributed by atoms with van der Waals surface area (Å²) in [7, 11) is 1.60. The summed E-state index contributed by atoms with van der Waals surface area (Å²) in [5.41, 5.74) is 2.53. The van der Waals surface area contributed by atoms with Gasteiger partial charge in [0.25, 0.3) is 5.91 Å². The highest BCUT2D eigenvalue weighted by Gasteiger charge is 2.13. The van der Waals surface area contributed by atoms with Crippen LogP contribution in [0.25, 0.3) is 6.08 Å². The van der Waals surface area contributed by atoms with E-state index in [0.29, 0.717) is 33.5 Å². The molecule has 0 radical (unpaired) electrons. The van der Waals surface area contributed by atoms with Gasteiger partial charge in [-0.3, -0.25) is 4.79 Å². The molecule has 0 bridgehead atoms. The lowest BCUT2D eigenvalue weighted by atomic mass is 10.2. The summed E-state index contributed by atoms with van der Waals surface area (Å²) < 4.78 is 11.8. The number of nitrogens with zero attached hydrogens (tertiary/aromatic N) is 3. The molecule has 1 amide bonds. The number of halogens is 1. The van der Waals surface area contributed by atoms with Crippen molar-refractivity contribution >= 4 is 45.9 Å². The van der Waals surface area contributed by atoms with E-state index >= 15 is 0 Å². The number of amides is 1. The number of carbonyl (C=O) groups is 2. The van der Waals surface area contributed by atoms with Crippen molar-refractivity contribution in [3.8, 4) is 11.8 Å². The van der Waals surface area contributed by atoms with Gasteiger partial charge < -0.3 is 14.8 Å². The molecule has 0 aliphatic carbocycles. The van der Waals surface area contributed by atoms with E-state index < -0.39 is 18.5 Å². The lowest BCUT2D eigenvalue weighted by Gasteiger charge is -2.06. The Labute approximate surface area is 193 Å². The van der Waals surface area contributed by atoms with E-state index in [1.807, 2.05) is 30.3 Å². The highest BCUT2D eigenvalue weighted by atomic mass is 35.5. The first kappa shape index (κ1) is 23.1. The molecule has 3 rings (SSSR count).